The molecular weight excluding hydrogens is 326 g/mol. The summed E-state index contributed by atoms with van der Waals surface area (Å²) >= 11 is 1.34. The van der Waals surface area contributed by atoms with Crippen LogP contribution in [0.2, 0.25) is 0 Å². The SMILES string of the molecule is CC(=O)NCc1ccc(C(=O)COc2ncnc3ccccc23)s1. The van der Waals surface area contributed by atoms with Crippen molar-refractivity contribution >= 4 is 33.9 Å². The second kappa shape index (κ2) is 7.18. The molecular formula is C17H15N3O3S. The van der Waals surface area contributed by atoms with Crippen LogP contribution in [0.3, 0.4) is 0 Å². The molecule has 0 radical (unpaired) electrons. The zero-order valence-electron chi connectivity index (χ0n) is 13.0. The van der Waals surface area contributed by atoms with Crippen LogP contribution in [0.4, 0.5) is 0 Å². The van der Waals surface area contributed by atoms with Gasteiger partial charge in [-0.2, -0.15) is 0 Å². The van der Waals surface area contributed by atoms with Crippen molar-refractivity contribution < 1.29 is 14.3 Å². The highest BCUT2D eigenvalue weighted by Crippen LogP contribution is 2.22. The van der Waals surface area contributed by atoms with E-state index in [0.29, 0.717) is 17.3 Å². The lowest BCUT2D eigenvalue weighted by atomic mass is 10.2. The Labute approximate surface area is 142 Å². The van der Waals surface area contributed by atoms with Gasteiger partial charge in [0.15, 0.2) is 6.61 Å². The third-order valence-corrected chi connectivity index (χ3v) is 4.42. The van der Waals surface area contributed by atoms with Crippen LogP contribution in [0.15, 0.2) is 42.7 Å². The van der Waals surface area contributed by atoms with E-state index in [-0.39, 0.29) is 18.3 Å². The molecule has 0 aliphatic carbocycles. The predicted octanol–water partition coefficient (Wildman–Crippen LogP) is 2.59. The summed E-state index contributed by atoms with van der Waals surface area (Å²) in [6, 6.07) is 11.0. The normalized spacial score (nSPS) is 10.5. The fraction of sp³-hybridized carbons (Fsp3) is 0.176. The number of aromatic nitrogens is 2. The van der Waals surface area contributed by atoms with E-state index in [1.807, 2.05) is 30.3 Å². The van der Waals surface area contributed by atoms with E-state index in [4.69, 9.17) is 4.74 Å². The van der Waals surface area contributed by atoms with Gasteiger partial charge >= 0.3 is 0 Å². The summed E-state index contributed by atoms with van der Waals surface area (Å²) in [5.41, 5.74) is 0.767. The third-order valence-electron chi connectivity index (χ3n) is 3.29. The number of ether oxygens (including phenoxy) is 1. The highest BCUT2D eigenvalue weighted by molar-refractivity contribution is 7.14. The van der Waals surface area contributed by atoms with Crippen molar-refractivity contribution in [2.45, 2.75) is 13.5 Å². The molecule has 0 aliphatic heterocycles. The standard InChI is InChI=1S/C17H15N3O3S/c1-11(21)18-8-12-6-7-16(24-12)15(22)9-23-17-13-4-2-3-5-14(13)19-10-20-17/h2-7,10H,8-9H2,1H3,(H,18,21). The van der Waals surface area contributed by atoms with Crippen molar-refractivity contribution in [1.29, 1.82) is 0 Å². The van der Waals surface area contributed by atoms with Gasteiger partial charge in [0, 0.05) is 11.8 Å². The summed E-state index contributed by atoms with van der Waals surface area (Å²) in [6.45, 7) is 1.78. The molecule has 0 saturated carbocycles. The average Bonchev–Trinajstić information content (AvgIpc) is 3.07. The minimum atomic E-state index is -0.128. The average molecular weight is 341 g/mol. The van der Waals surface area contributed by atoms with Gasteiger partial charge in [-0.15, -0.1) is 11.3 Å². The summed E-state index contributed by atoms with van der Waals surface area (Å²) in [7, 11) is 0. The van der Waals surface area contributed by atoms with Crippen LogP contribution in [0.1, 0.15) is 21.5 Å². The molecule has 1 N–H and O–H groups in total. The molecule has 24 heavy (non-hydrogen) atoms. The molecule has 0 spiro atoms. The Bertz CT molecular complexity index is 886. The summed E-state index contributed by atoms with van der Waals surface area (Å²) in [5, 5.41) is 3.47. The molecule has 7 heteroatoms. The lowest BCUT2D eigenvalue weighted by Crippen LogP contribution is -2.18. The van der Waals surface area contributed by atoms with E-state index in [2.05, 4.69) is 15.3 Å². The zero-order valence-corrected chi connectivity index (χ0v) is 13.8. The number of carbonyl (C=O) groups is 2. The number of hydrogen-bond donors (Lipinski definition) is 1. The molecule has 0 aliphatic rings. The summed E-state index contributed by atoms with van der Waals surface area (Å²) in [5.74, 6) is 0.163. The Balaban J connectivity index is 1.66. The molecule has 0 bridgehead atoms. The van der Waals surface area contributed by atoms with E-state index in [1.54, 1.807) is 6.07 Å². The first-order valence-corrected chi connectivity index (χ1v) is 8.14. The molecule has 6 nitrogen and oxygen atoms in total. The Kier molecular flexibility index (Phi) is 4.81. The van der Waals surface area contributed by atoms with Crippen LogP contribution in [0.5, 0.6) is 5.88 Å². The first-order chi connectivity index (χ1) is 11.6. The largest absolute Gasteiger partial charge is 0.469 e. The summed E-state index contributed by atoms with van der Waals surface area (Å²) < 4.78 is 5.58. The van der Waals surface area contributed by atoms with Crippen LogP contribution in [-0.2, 0) is 11.3 Å². The van der Waals surface area contributed by atoms with Crippen LogP contribution in [-0.4, -0.2) is 28.3 Å². The molecule has 1 amide bonds. The molecule has 1 aromatic carbocycles. The van der Waals surface area contributed by atoms with Gasteiger partial charge in [-0.3, -0.25) is 9.59 Å². The van der Waals surface area contributed by atoms with E-state index >= 15 is 0 Å². The monoisotopic (exact) mass is 341 g/mol. The van der Waals surface area contributed by atoms with Crippen molar-refractivity contribution in [2.75, 3.05) is 6.61 Å². The quantitative estimate of drug-likeness (QED) is 0.697. The molecule has 0 unspecified atom stereocenters. The number of ketones is 1. The van der Waals surface area contributed by atoms with Gasteiger partial charge in [-0.05, 0) is 24.3 Å². The fourth-order valence-corrected chi connectivity index (χ4v) is 3.01. The Morgan fingerprint density at radius 2 is 2.00 bits per heavy atom. The molecule has 3 rings (SSSR count). The van der Waals surface area contributed by atoms with Crippen LogP contribution in [0, 0.1) is 0 Å². The number of benzene rings is 1. The summed E-state index contributed by atoms with van der Waals surface area (Å²) in [6.07, 6.45) is 1.42. The second-order valence-corrected chi connectivity index (χ2v) is 6.25. The number of nitrogens with zero attached hydrogens (tertiary/aromatic N) is 2. The molecule has 0 saturated heterocycles. The number of hydrogen-bond acceptors (Lipinski definition) is 6. The number of carbonyl (C=O) groups excluding carboxylic acids is 2. The number of nitrogens with one attached hydrogen (secondary N) is 1. The minimum Gasteiger partial charge on any atom is -0.469 e. The van der Waals surface area contributed by atoms with Crippen LogP contribution in [0.25, 0.3) is 10.9 Å². The maximum absolute atomic E-state index is 12.3. The smallest absolute Gasteiger partial charge is 0.224 e. The molecule has 0 atom stereocenters. The zero-order chi connectivity index (χ0) is 16.9. The van der Waals surface area contributed by atoms with E-state index < -0.39 is 0 Å². The van der Waals surface area contributed by atoms with Gasteiger partial charge in [0.1, 0.15) is 6.33 Å². The topological polar surface area (TPSA) is 81.2 Å². The maximum Gasteiger partial charge on any atom is 0.224 e. The molecule has 0 fully saturated rings. The Morgan fingerprint density at radius 1 is 1.17 bits per heavy atom. The molecule has 3 aromatic rings. The number of thiophene rings is 1. The van der Waals surface area contributed by atoms with Gasteiger partial charge in [0.05, 0.1) is 22.3 Å². The molecule has 2 aromatic heterocycles. The lowest BCUT2D eigenvalue weighted by Gasteiger charge is -2.06. The van der Waals surface area contributed by atoms with Gasteiger partial charge in [-0.1, -0.05) is 12.1 Å². The maximum atomic E-state index is 12.3. The van der Waals surface area contributed by atoms with E-state index in [9.17, 15) is 9.59 Å². The second-order valence-electron chi connectivity index (χ2n) is 5.08. The van der Waals surface area contributed by atoms with Gasteiger partial charge in [0.25, 0.3) is 0 Å². The van der Waals surface area contributed by atoms with E-state index in [0.717, 1.165) is 15.8 Å². The Hall–Kier alpha value is -2.80. The third kappa shape index (κ3) is 3.75. The van der Waals surface area contributed by atoms with Crippen molar-refractivity contribution in [3.63, 3.8) is 0 Å². The summed E-state index contributed by atoms with van der Waals surface area (Å²) in [4.78, 5) is 32.9. The minimum absolute atomic E-state index is 0.0961. The van der Waals surface area contributed by atoms with Gasteiger partial charge in [-0.25, -0.2) is 9.97 Å². The fourth-order valence-electron chi connectivity index (χ4n) is 2.13. The first kappa shape index (κ1) is 16.1. The number of para-hydroxylation sites is 1. The van der Waals surface area contributed by atoms with Crippen molar-refractivity contribution in [1.82, 2.24) is 15.3 Å². The van der Waals surface area contributed by atoms with Gasteiger partial charge < -0.3 is 10.1 Å². The van der Waals surface area contributed by atoms with Crippen molar-refractivity contribution in [2.24, 2.45) is 0 Å². The highest BCUT2D eigenvalue weighted by Gasteiger charge is 2.12. The van der Waals surface area contributed by atoms with Crippen LogP contribution >= 0.6 is 11.3 Å². The van der Waals surface area contributed by atoms with Crippen LogP contribution < -0.4 is 10.1 Å². The molecule has 2 heterocycles. The van der Waals surface area contributed by atoms with E-state index in [1.165, 1.54) is 24.6 Å². The first-order valence-electron chi connectivity index (χ1n) is 7.32. The van der Waals surface area contributed by atoms with Crippen molar-refractivity contribution in [3.8, 4) is 5.88 Å². The van der Waals surface area contributed by atoms with Gasteiger partial charge in [0.2, 0.25) is 17.6 Å². The predicted molar refractivity (Wildman–Crippen MR) is 91.2 cm³/mol. The number of rotatable bonds is 6. The Morgan fingerprint density at radius 3 is 2.83 bits per heavy atom. The van der Waals surface area contributed by atoms with Crippen molar-refractivity contribution in [3.05, 3.63) is 52.5 Å². The lowest BCUT2D eigenvalue weighted by molar-refractivity contribution is -0.119. The number of fused-ring (bicyclic) bond motifs is 1. The number of Topliss-reactive ketones (excluding diaryl/α,β-unsaturated/α-hetero) is 1. The molecule has 122 valence electrons. The number of amides is 1. The highest BCUT2D eigenvalue weighted by atomic mass is 32.1.